The van der Waals surface area contributed by atoms with Gasteiger partial charge in [-0.15, -0.1) is 0 Å². The van der Waals surface area contributed by atoms with E-state index in [2.05, 4.69) is 32.6 Å². The van der Waals surface area contributed by atoms with Gasteiger partial charge in [0.2, 0.25) is 5.91 Å². The number of carbonyl (C=O) groups is 1. The van der Waals surface area contributed by atoms with Gasteiger partial charge in [0, 0.05) is 15.8 Å². The van der Waals surface area contributed by atoms with Crippen molar-refractivity contribution in [2.24, 2.45) is 0 Å². The third-order valence-electron chi connectivity index (χ3n) is 2.84. The first-order valence-corrected chi connectivity index (χ1v) is 7.18. The fourth-order valence-electron chi connectivity index (χ4n) is 1.83. The molecule has 0 heterocycles. The van der Waals surface area contributed by atoms with Gasteiger partial charge in [0.05, 0.1) is 18.2 Å². The number of carbonyl (C=O) groups excluding carboxylic acids is 1. The van der Waals surface area contributed by atoms with Gasteiger partial charge in [-0.05, 0) is 58.7 Å². The van der Waals surface area contributed by atoms with E-state index in [1.807, 2.05) is 31.2 Å². The summed E-state index contributed by atoms with van der Waals surface area (Å²) in [4.78, 5) is 11.9. The number of aryl methyl sites for hydroxylation is 1. The predicted octanol–water partition coefficient (Wildman–Crippen LogP) is 3.68. The number of hydrogen-bond donors (Lipinski definition) is 2. The number of nitriles is 1. The van der Waals surface area contributed by atoms with Crippen LogP contribution in [0.5, 0.6) is 0 Å². The largest absolute Gasteiger partial charge is 0.375 e. The molecular weight excluding hydrogens is 330 g/mol. The molecule has 0 unspecified atom stereocenters. The molecule has 1 amide bonds. The number of amides is 1. The van der Waals surface area contributed by atoms with E-state index in [0.717, 1.165) is 21.4 Å². The number of hydrogen-bond acceptors (Lipinski definition) is 3. The topological polar surface area (TPSA) is 64.9 Å². The van der Waals surface area contributed by atoms with Crippen LogP contribution in [0, 0.1) is 18.3 Å². The number of rotatable bonds is 4. The van der Waals surface area contributed by atoms with Gasteiger partial charge in [-0.3, -0.25) is 4.79 Å². The molecule has 21 heavy (non-hydrogen) atoms. The van der Waals surface area contributed by atoms with Crippen LogP contribution >= 0.6 is 15.9 Å². The molecule has 2 N–H and O–H groups in total. The number of benzene rings is 2. The summed E-state index contributed by atoms with van der Waals surface area (Å²) in [5.41, 5.74) is 3.21. The van der Waals surface area contributed by atoms with Crippen molar-refractivity contribution in [1.29, 1.82) is 5.26 Å². The Morgan fingerprint density at radius 1 is 1.29 bits per heavy atom. The highest BCUT2D eigenvalue weighted by atomic mass is 79.9. The van der Waals surface area contributed by atoms with E-state index in [0.29, 0.717) is 5.56 Å². The Bertz CT molecular complexity index is 707. The quantitative estimate of drug-likeness (QED) is 0.889. The second-order valence-corrected chi connectivity index (χ2v) is 5.43. The molecule has 2 aromatic carbocycles. The molecule has 0 radical (unpaired) electrons. The van der Waals surface area contributed by atoms with Crippen LogP contribution in [0.1, 0.15) is 11.1 Å². The molecule has 0 saturated heterocycles. The highest BCUT2D eigenvalue weighted by molar-refractivity contribution is 9.10. The molecule has 0 fully saturated rings. The fourth-order valence-corrected chi connectivity index (χ4v) is 2.35. The summed E-state index contributed by atoms with van der Waals surface area (Å²) in [5, 5.41) is 14.7. The molecule has 5 heteroatoms. The van der Waals surface area contributed by atoms with Gasteiger partial charge in [0.1, 0.15) is 0 Å². The molecule has 0 bridgehead atoms. The zero-order chi connectivity index (χ0) is 15.2. The normalized spacial score (nSPS) is 9.76. The van der Waals surface area contributed by atoms with Gasteiger partial charge >= 0.3 is 0 Å². The maximum Gasteiger partial charge on any atom is 0.243 e. The van der Waals surface area contributed by atoms with Crippen molar-refractivity contribution in [3.8, 4) is 6.07 Å². The standard InChI is InChI=1S/C16H14BrN3O/c1-11-3-2-4-13(7-11)20-16(21)10-19-15-6-5-12(9-18)8-14(15)17/h2-8,19H,10H2,1H3,(H,20,21). The Labute approximate surface area is 131 Å². The third kappa shape index (κ3) is 4.33. The molecule has 0 aliphatic carbocycles. The molecule has 0 aliphatic rings. The van der Waals surface area contributed by atoms with Crippen LogP contribution in [0.25, 0.3) is 0 Å². The molecule has 0 aliphatic heterocycles. The summed E-state index contributed by atoms with van der Waals surface area (Å²) in [6.45, 7) is 2.13. The Morgan fingerprint density at radius 2 is 2.10 bits per heavy atom. The summed E-state index contributed by atoms with van der Waals surface area (Å²) in [6.07, 6.45) is 0. The first-order valence-electron chi connectivity index (χ1n) is 6.38. The van der Waals surface area contributed by atoms with E-state index < -0.39 is 0 Å². The molecule has 0 aromatic heterocycles. The molecule has 2 rings (SSSR count). The van der Waals surface area contributed by atoms with Crippen molar-refractivity contribution in [3.05, 3.63) is 58.1 Å². The number of nitrogens with zero attached hydrogens (tertiary/aromatic N) is 1. The van der Waals surface area contributed by atoms with Crippen LogP contribution in [0.15, 0.2) is 46.9 Å². The molecule has 0 spiro atoms. The maximum absolute atomic E-state index is 11.9. The molecule has 4 nitrogen and oxygen atoms in total. The van der Waals surface area contributed by atoms with E-state index in [1.165, 1.54) is 0 Å². The minimum absolute atomic E-state index is 0.128. The monoisotopic (exact) mass is 343 g/mol. The van der Waals surface area contributed by atoms with E-state index in [9.17, 15) is 4.79 Å². The zero-order valence-corrected chi connectivity index (χ0v) is 13.1. The lowest BCUT2D eigenvalue weighted by Gasteiger charge is -2.10. The van der Waals surface area contributed by atoms with Crippen molar-refractivity contribution in [3.63, 3.8) is 0 Å². The van der Waals surface area contributed by atoms with E-state index in [1.54, 1.807) is 18.2 Å². The smallest absolute Gasteiger partial charge is 0.243 e. The highest BCUT2D eigenvalue weighted by Crippen LogP contribution is 2.23. The summed E-state index contributed by atoms with van der Waals surface area (Å²) in [6, 6.07) is 14.9. The maximum atomic E-state index is 11.9. The van der Waals surface area contributed by atoms with Crippen molar-refractivity contribution < 1.29 is 4.79 Å². The lowest BCUT2D eigenvalue weighted by atomic mass is 10.2. The number of halogens is 1. The fraction of sp³-hybridized carbons (Fsp3) is 0.125. The van der Waals surface area contributed by atoms with Crippen molar-refractivity contribution >= 4 is 33.2 Å². The number of nitrogens with one attached hydrogen (secondary N) is 2. The van der Waals surface area contributed by atoms with Gasteiger partial charge in [-0.2, -0.15) is 5.26 Å². The van der Waals surface area contributed by atoms with E-state index >= 15 is 0 Å². The molecular formula is C16H14BrN3O. The minimum atomic E-state index is -0.128. The Hall–Kier alpha value is -2.32. The first-order chi connectivity index (χ1) is 10.1. The second-order valence-electron chi connectivity index (χ2n) is 4.58. The predicted molar refractivity (Wildman–Crippen MR) is 87.2 cm³/mol. The van der Waals surface area contributed by atoms with Gasteiger partial charge in [-0.25, -0.2) is 0 Å². The van der Waals surface area contributed by atoms with Crippen molar-refractivity contribution in [2.45, 2.75) is 6.92 Å². The molecule has 2 aromatic rings. The van der Waals surface area contributed by atoms with Crippen LogP contribution in [0.4, 0.5) is 11.4 Å². The van der Waals surface area contributed by atoms with Crippen LogP contribution in [0.3, 0.4) is 0 Å². The Morgan fingerprint density at radius 3 is 2.76 bits per heavy atom. The van der Waals surface area contributed by atoms with Gasteiger partial charge < -0.3 is 10.6 Å². The van der Waals surface area contributed by atoms with Crippen molar-refractivity contribution in [2.75, 3.05) is 17.2 Å². The van der Waals surface area contributed by atoms with Gasteiger partial charge in [-0.1, -0.05) is 12.1 Å². The van der Waals surface area contributed by atoms with Crippen molar-refractivity contribution in [1.82, 2.24) is 0 Å². The van der Waals surface area contributed by atoms with Crippen LogP contribution in [-0.4, -0.2) is 12.5 Å². The van der Waals surface area contributed by atoms with E-state index in [-0.39, 0.29) is 12.5 Å². The van der Waals surface area contributed by atoms with Gasteiger partial charge in [0.25, 0.3) is 0 Å². The summed E-state index contributed by atoms with van der Waals surface area (Å²) in [7, 11) is 0. The van der Waals surface area contributed by atoms with Crippen LogP contribution < -0.4 is 10.6 Å². The summed E-state index contributed by atoms with van der Waals surface area (Å²) in [5.74, 6) is -0.128. The lowest BCUT2D eigenvalue weighted by Crippen LogP contribution is -2.21. The van der Waals surface area contributed by atoms with Gasteiger partial charge in [0.15, 0.2) is 0 Å². The SMILES string of the molecule is Cc1cccc(NC(=O)CNc2ccc(C#N)cc2Br)c1. The highest BCUT2D eigenvalue weighted by Gasteiger charge is 2.05. The average molecular weight is 344 g/mol. The Kier molecular flexibility index (Phi) is 4.96. The first kappa shape index (κ1) is 15.1. The second kappa shape index (κ2) is 6.91. The number of anilines is 2. The average Bonchev–Trinajstić information content (AvgIpc) is 2.46. The molecule has 106 valence electrons. The molecule has 0 atom stereocenters. The third-order valence-corrected chi connectivity index (χ3v) is 3.50. The molecule has 0 saturated carbocycles. The lowest BCUT2D eigenvalue weighted by molar-refractivity contribution is -0.114. The summed E-state index contributed by atoms with van der Waals surface area (Å²) < 4.78 is 0.755. The van der Waals surface area contributed by atoms with Crippen LogP contribution in [-0.2, 0) is 4.79 Å². The Balaban J connectivity index is 1.94. The summed E-state index contributed by atoms with van der Waals surface area (Å²) >= 11 is 3.37. The zero-order valence-electron chi connectivity index (χ0n) is 11.5. The van der Waals surface area contributed by atoms with Crippen LogP contribution in [0.2, 0.25) is 0 Å². The minimum Gasteiger partial charge on any atom is -0.375 e. The van der Waals surface area contributed by atoms with E-state index in [4.69, 9.17) is 5.26 Å².